The quantitative estimate of drug-likeness (QED) is 0.824. The Kier molecular flexibility index (Phi) is 5.12. The molecule has 124 valence electrons. The Labute approximate surface area is 135 Å². The molecule has 0 radical (unpaired) electrons. The zero-order chi connectivity index (χ0) is 16.1. The van der Waals surface area contributed by atoms with Gasteiger partial charge < -0.3 is 20.1 Å². The molecular formula is C17H22N2O4. The molecule has 0 aromatic heterocycles. The van der Waals surface area contributed by atoms with Gasteiger partial charge in [-0.2, -0.15) is 0 Å². The zero-order valence-electron chi connectivity index (χ0n) is 13.0. The fourth-order valence-corrected chi connectivity index (χ4v) is 2.79. The van der Waals surface area contributed by atoms with Crippen LogP contribution in [0.25, 0.3) is 0 Å². The second-order valence-corrected chi connectivity index (χ2v) is 5.97. The van der Waals surface area contributed by atoms with Gasteiger partial charge in [-0.25, -0.2) is 0 Å². The summed E-state index contributed by atoms with van der Waals surface area (Å²) >= 11 is 0. The SMILES string of the molecule is O=C1CC[C@@H](C(=O)NCc2ccc(OC[C@H]3CCCO3)cc2)N1. The third kappa shape index (κ3) is 4.45. The largest absolute Gasteiger partial charge is 0.491 e. The average Bonchev–Trinajstić information content (AvgIpc) is 3.23. The Balaban J connectivity index is 1.42. The number of nitrogens with one attached hydrogen (secondary N) is 2. The number of hydrogen-bond donors (Lipinski definition) is 2. The topological polar surface area (TPSA) is 76.7 Å². The lowest BCUT2D eigenvalue weighted by atomic mass is 10.2. The van der Waals surface area contributed by atoms with Gasteiger partial charge in [0.1, 0.15) is 18.4 Å². The molecule has 0 unspecified atom stereocenters. The van der Waals surface area contributed by atoms with Crippen LogP contribution in [0.5, 0.6) is 5.75 Å². The van der Waals surface area contributed by atoms with E-state index in [1.807, 2.05) is 24.3 Å². The van der Waals surface area contributed by atoms with Crippen molar-refractivity contribution in [3.63, 3.8) is 0 Å². The first-order valence-corrected chi connectivity index (χ1v) is 8.11. The van der Waals surface area contributed by atoms with E-state index >= 15 is 0 Å². The number of ether oxygens (including phenoxy) is 2. The minimum atomic E-state index is -0.392. The van der Waals surface area contributed by atoms with Gasteiger partial charge in [0.15, 0.2) is 0 Å². The minimum Gasteiger partial charge on any atom is -0.491 e. The Morgan fingerprint density at radius 3 is 2.78 bits per heavy atom. The maximum atomic E-state index is 11.9. The molecule has 2 aliphatic rings. The summed E-state index contributed by atoms with van der Waals surface area (Å²) in [5.74, 6) is 0.617. The monoisotopic (exact) mass is 318 g/mol. The average molecular weight is 318 g/mol. The molecule has 2 aliphatic heterocycles. The highest BCUT2D eigenvalue weighted by Crippen LogP contribution is 2.16. The molecule has 0 saturated carbocycles. The summed E-state index contributed by atoms with van der Waals surface area (Å²) in [6.45, 7) is 1.85. The van der Waals surface area contributed by atoms with Gasteiger partial charge in [-0.3, -0.25) is 9.59 Å². The molecule has 23 heavy (non-hydrogen) atoms. The van der Waals surface area contributed by atoms with E-state index in [1.54, 1.807) is 0 Å². The predicted molar refractivity (Wildman–Crippen MR) is 83.9 cm³/mol. The Morgan fingerprint density at radius 2 is 2.13 bits per heavy atom. The van der Waals surface area contributed by atoms with E-state index in [0.29, 0.717) is 26.0 Å². The van der Waals surface area contributed by atoms with Crippen LogP contribution >= 0.6 is 0 Å². The van der Waals surface area contributed by atoms with Gasteiger partial charge in [-0.1, -0.05) is 12.1 Å². The van der Waals surface area contributed by atoms with Gasteiger partial charge in [-0.05, 0) is 37.0 Å². The first kappa shape index (κ1) is 15.8. The standard InChI is InChI=1S/C17H22N2O4/c20-16-8-7-15(19-16)17(21)18-10-12-3-5-13(6-4-12)23-11-14-2-1-9-22-14/h3-6,14-15H,1-2,7-11H2,(H,18,21)(H,19,20)/t14-,15+/m1/s1. The lowest BCUT2D eigenvalue weighted by Gasteiger charge is -2.13. The molecule has 2 saturated heterocycles. The van der Waals surface area contributed by atoms with Crippen LogP contribution in [0.15, 0.2) is 24.3 Å². The van der Waals surface area contributed by atoms with Gasteiger partial charge >= 0.3 is 0 Å². The summed E-state index contributed by atoms with van der Waals surface area (Å²) in [7, 11) is 0. The molecule has 0 bridgehead atoms. The van der Waals surface area contributed by atoms with Crippen LogP contribution in [0.1, 0.15) is 31.2 Å². The van der Waals surface area contributed by atoms with E-state index in [9.17, 15) is 9.59 Å². The first-order valence-electron chi connectivity index (χ1n) is 8.11. The molecule has 1 aromatic carbocycles. The fraction of sp³-hybridized carbons (Fsp3) is 0.529. The highest BCUT2D eigenvalue weighted by atomic mass is 16.5. The first-order chi connectivity index (χ1) is 11.2. The molecule has 0 aliphatic carbocycles. The van der Waals surface area contributed by atoms with Crippen molar-refractivity contribution < 1.29 is 19.1 Å². The summed E-state index contributed by atoms with van der Waals surface area (Å²) in [4.78, 5) is 23.0. The van der Waals surface area contributed by atoms with Crippen molar-refractivity contribution in [3.8, 4) is 5.75 Å². The van der Waals surface area contributed by atoms with E-state index in [0.717, 1.165) is 30.8 Å². The van der Waals surface area contributed by atoms with Crippen LogP contribution in [0.2, 0.25) is 0 Å². The predicted octanol–water partition coefficient (Wildman–Crippen LogP) is 1.14. The molecule has 2 amide bonds. The van der Waals surface area contributed by atoms with Gasteiger partial charge in [0, 0.05) is 19.6 Å². The summed E-state index contributed by atoms with van der Waals surface area (Å²) < 4.78 is 11.2. The van der Waals surface area contributed by atoms with Crippen LogP contribution in [-0.4, -0.2) is 37.2 Å². The third-order valence-corrected chi connectivity index (χ3v) is 4.16. The molecular weight excluding hydrogens is 296 g/mol. The molecule has 2 atom stereocenters. The lowest BCUT2D eigenvalue weighted by Crippen LogP contribution is -2.41. The molecule has 2 N–H and O–H groups in total. The second kappa shape index (κ2) is 7.46. The van der Waals surface area contributed by atoms with Gasteiger partial charge in [-0.15, -0.1) is 0 Å². The van der Waals surface area contributed by atoms with E-state index in [1.165, 1.54) is 0 Å². The van der Waals surface area contributed by atoms with Crippen LogP contribution in [-0.2, 0) is 20.9 Å². The highest BCUT2D eigenvalue weighted by molar-refractivity contribution is 5.90. The number of carbonyl (C=O) groups excluding carboxylic acids is 2. The van der Waals surface area contributed by atoms with Crippen molar-refractivity contribution in [2.24, 2.45) is 0 Å². The van der Waals surface area contributed by atoms with E-state index in [2.05, 4.69) is 10.6 Å². The van der Waals surface area contributed by atoms with Gasteiger partial charge in [0.25, 0.3) is 0 Å². The molecule has 0 spiro atoms. The van der Waals surface area contributed by atoms with Crippen molar-refractivity contribution in [1.29, 1.82) is 0 Å². The number of rotatable bonds is 6. The smallest absolute Gasteiger partial charge is 0.242 e. The summed E-state index contributed by atoms with van der Waals surface area (Å²) in [6.07, 6.45) is 3.36. The van der Waals surface area contributed by atoms with Crippen molar-refractivity contribution in [2.75, 3.05) is 13.2 Å². The van der Waals surface area contributed by atoms with Crippen LogP contribution in [0.4, 0.5) is 0 Å². The molecule has 1 aromatic rings. The van der Waals surface area contributed by atoms with Gasteiger partial charge in [0.05, 0.1) is 6.10 Å². The number of amides is 2. The molecule has 6 heteroatoms. The molecule has 2 heterocycles. The Hall–Kier alpha value is -2.08. The Morgan fingerprint density at radius 1 is 1.30 bits per heavy atom. The fourth-order valence-electron chi connectivity index (χ4n) is 2.79. The van der Waals surface area contributed by atoms with Gasteiger partial charge in [0.2, 0.25) is 11.8 Å². The normalized spacial score (nSPS) is 23.6. The maximum Gasteiger partial charge on any atom is 0.242 e. The van der Waals surface area contributed by atoms with Crippen LogP contribution < -0.4 is 15.4 Å². The minimum absolute atomic E-state index is 0.0575. The summed E-state index contributed by atoms with van der Waals surface area (Å²) in [5, 5.41) is 5.50. The summed E-state index contributed by atoms with van der Waals surface area (Å²) in [5.41, 5.74) is 0.993. The number of carbonyl (C=O) groups is 2. The third-order valence-electron chi connectivity index (χ3n) is 4.16. The lowest BCUT2D eigenvalue weighted by molar-refractivity contribution is -0.125. The second-order valence-electron chi connectivity index (χ2n) is 5.97. The zero-order valence-corrected chi connectivity index (χ0v) is 13.0. The van der Waals surface area contributed by atoms with E-state index in [-0.39, 0.29) is 17.9 Å². The molecule has 6 nitrogen and oxygen atoms in total. The van der Waals surface area contributed by atoms with Crippen LogP contribution in [0, 0.1) is 0 Å². The van der Waals surface area contributed by atoms with Crippen molar-refractivity contribution in [2.45, 2.75) is 44.4 Å². The number of benzene rings is 1. The maximum absolute atomic E-state index is 11.9. The highest BCUT2D eigenvalue weighted by Gasteiger charge is 2.26. The van der Waals surface area contributed by atoms with Crippen molar-refractivity contribution in [1.82, 2.24) is 10.6 Å². The Bertz CT molecular complexity index is 552. The summed E-state index contributed by atoms with van der Waals surface area (Å²) in [6, 6.07) is 7.26. The van der Waals surface area contributed by atoms with E-state index in [4.69, 9.17) is 9.47 Å². The van der Waals surface area contributed by atoms with Crippen molar-refractivity contribution in [3.05, 3.63) is 29.8 Å². The molecule has 3 rings (SSSR count). The molecule has 2 fully saturated rings. The van der Waals surface area contributed by atoms with E-state index < -0.39 is 6.04 Å². The number of hydrogen-bond acceptors (Lipinski definition) is 4. The van der Waals surface area contributed by atoms with Crippen LogP contribution in [0.3, 0.4) is 0 Å². The van der Waals surface area contributed by atoms with Crippen molar-refractivity contribution >= 4 is 11.8 Å².